The van der Waals surface area contributed by atoms with Gasteiger partial charge >= 0.3 is 0 Å². The lowest BCUT2D eigenvalue weighted by molar-refractivity contribution is -0.146. The van der Waals surface area contributed by atoms with Crippen molar-refractivity contribution in [2.45, 2.75) is 59.0 Å². The second-order valence-corrected chi connectivity index (χ2v) is 10.3. The van der Waals surface area contributed by atoms with Gasteiger partial charge in [0.05, 0.1) is 6.04 Å². The second kappa shape index (κ2) is 9.61. The first-order chi connectivity index (χ1) is 14.6. The summed E-state index contributed by atoms with van der Waals surface area (Å²) < 4.78 is 6.10. The number of halogens is 1. The lowest BCUT2D eigenvalue weighted by Gasteiger charge is -2.40. The van der Waals surface area contributed by atoms with Gasteiger partial charge in [-0.05, 0) is 74.9 Å². The minimum absolute atomic E-state index is 0.0153. The molecule has 0 spiro atoms. The van der Waals surface area contributed by atoms with Crippen LogP contribution in [-0.2, 0) is 16.0 Å². The van der Waals surface area contributed by atoms with Crippen molar-refractivity contribution < 1.29 is 14.3 Å². The van der Waals surface area contributed by atoms with E-state index in [1.54, 1.807) is 16.2 Å². The predicted octanol–water partition coefficient (Wildman–Crippen LogP) is 5.25. The van der Waals surface area contributed by atoms with E-state index in [0.29, 0.717) is 24.6 Å². The first-order valence-corrected chi connectivity index (χ1v) is 11.9. The van der Waals surface area contributed by atoms with Gasteiger partial charge in [0.15, 0.2) is 0 Å². The Morgan fingerprint density at radius 3 is 2.68 bits per heavy atom. The average molecular weight is 463 g/mol. The summed E-state index contributed by atoms with van der Waals surface area (Å²) in [4.78, 5) is 30.7. The monoisotopic (exact) mass is 462 g/mol. The Hall–Kier alpha value is -2.05. The molecule has 31 heavy (non-hydrogen) atoms. The molecule has 0 bridgehead atoms. The largest absolute Gasteiger partial charge is 0.491 e. The molecule has 0 saturated heterocycles. The van der Waals surface area contributed by atoms with Crippen LogP contribution in [-0.4, -0.2) is 46.8 Å². The smallest absolute Gasteiger partial charge is 0.242 e. The third-order valence-electron chi connectivity index (χ3n) is 5.66. The number of carbonyl (C=O) groups excluding carboxylic acids is 2. The highest BCUT2D eigenvalue weighted by atomic mass is 35.5. The molecule has 5 nitrogen and oxygen atoms in total. The van der Waals surface area contributed by atoms with Gasteiger partial charge in [0.25, 0.3) is 0 Å². The standard InChI is InChI=1S/C24H31ClN2O3S/c1-6-22(28)27(24(3,4)5)14-23(29)26-11-9-21-18(10-12-31-21)20(26)15-30-17-7-8-19(25)16(2)13-17/h7-8,10,12-13,20H,6,9,11,14-15H2,1-5H3/t20-/m0/s1. The fraction of sp³-hybridized carbons (Fsp3) is 0.500. The van der Waals surface area contributed by atoms with E-state index in [1.165, 1.54) is 4.88 Å². The van der Waals surface area contributed by atoms with Gasteiger partial charge in [-0.3, -0.25) is 9.59 Å². The van der Waals surface area contributed by atoms with Crippen LogP contribution in [0.2, 0.25) is 5.02 Å². The van der Waals surface area contributed by atoms with Crippen molar-refractivity contribution in [2.75, 3.05) is 19.7 Å². The van der Waals surface area contributed by atoms with E-state index in [0.717, 1.165) is 23.3 Å². The number of hydrogen-bond donors (Lipinski definition) is 0. The van der Waals surface area contributed by atoms with Crippen molar-refractivity contribution in [3.8, 4) is 5.75 Å². The molecule has 7 heteroatoms. The molecular weight excluding hydrogens is 432 g/mol. The Kier molecular flexibility index (Phi) is 7.32. The molecule has 1 aliphatic rings. The van der Waals surface area contributed by atoms with E-state index >= 15 is 0 Å². The number of nitrogens with zero attached hydrogens (tertiary/aromatic N) is 2. The molecule has 2 heterocycles. The van der Waals surface area contributed by atoms with Crippen LogP contribution in [0.3, 0.4) is 0 Å². The SMILES string of the molecule is CCC(=O)N(CC(=O)N1CCc2sccc2[C@@H]1COc1ccc(Cl)c(C)c1)C(C)(C)C. The van der Waals surface area contributed by atoms with Gasteiger partial charge in [-0.15, -0.1) is 11.3 Å². The molecule has 2 aromatic rings. The first-order valence-electron chi connectivity index (χ1n) is 10.7. The van der Waals surface area contributed by atoms with Gasteiger partial charge in [0.2, 0.25) is 11.8 Å². The molecule has 0 unspecified atom stereocenters. The highest BCUT2D eigenvalue weighted by Crippen LogP contribution is 2.34. The highest BCUT2D eigenvalue weighted by Gasteiger charge is 2.35. The molecule has 0 radical (unpaired) electrons. The predicted molar refractivity (Wildman–Crippen MR) is 126 cm³/mol. The Morgan fingerprint density at radius 2 is 2.03 bits per heavy atom. The van der Waals surface area contributed by atoms with E-state index in [-0.39, 0.29) is 24.4 Å². The van der Waals surface area contributed by atoms with Crippen LogP contribution >= 0.6 is 22.9 Å². The molecule has 1 aromatic heterocycles. The van der Waals surface area contributed by atoms with Crippen molar-refractivity contribution in [3.63, 3.8) is 0 Å². The molecule has 2 amide bonds. The maximum absolute atomic E-state index is 13.4. The van der Waals surface area contributed by atoms with Gasteiger partial charge in [0, 0.05) is 28.4 Å². The number of carbonyl (C=O) groups is 2. The number of thiophene rings is 1. The summed E-state index contributed by atoms with van der Waals surface area (Å²) in [6.07, 6.45) is 1.20. The molecule has 1 aliphatic heterocycles. The van der Waals surface area contributed by atoms with E-state index in [2.05, 4.69) is 11.4 Å². The van der Waals surface area contributed by atoms with Crippen molar-refractivity contribution in [1.29, 1.82) is 0 Å². The molecule has 1 atom stereocenters. The average Bonchev–Trinajstić information content (AvgIpc) is 3.20. The summed E-state index contributed by atoms with van der Waals surface area (Å²) in [7, 11) is 0. The summed E-state index contributed by atoms with van der Waals surface area (Å²) in [6, 6.07) is 7.48. The van der Waals surface area contributed by atoms with Crippen LogP contribution in [0.15, 0.2) is 29.6 Å². The minimum atomic E-state index is -0.418. The Bertz CT molecular complexity index is 951. The van der Waals surface area contributed by atoms with Gasteiger partial charge < -0.3 is 14.5 Å². The number of aryl methyl sites for hydroxylation is 1. The van der Waals surface area contributed by atoms with Crippen molar-refractivity contribution >= 4 is 34.8 Å². The first kappa shape index (κ1) is 23.6. The molecule has 3 rings (SSSR count). The fourth-order valence-electron chi connectivity index (χ4n) is 3.87. The lowest BCUT2D eigenvalue weighted by Crippen LogP contribution is -2.53. The quantitative estimate of drug-likeness (QED) is 0.588. The number of benzene rings is 1. The van der Waals surface area contributed by atoms with Gasteiger partial charge in [-0.1, -0.05) is 18.5 Å². The van der Waals surface area contributed by atoms with E-state index in [9.17, 15) is 9.59 Å². The molecule has 0 aliphatic carbocycles. The van der Waals surface area contributed by atoms with Gasteiger partial charge in [-0.2, -0.15) is 0 Å². The zero-order valence-electron chi connectivity index (χ0n) is 18.9. The molecule has 0 fully saturated rings. The zero-order chi connectivity index (χ0) is 22.8. The van der Waals surface area contributed by atoms with Crippen LogP contribution in [0.5, 0.6) is 5.75 Å². The Balaban J connectivity index is 1.81. The van der Waals surface area contributed by atoms with Crippen molar-refractivity contribution in [1.82, 2.24) is 9.80 Å². The number of hydrogen-bond acceptors (Lipinski definition) is 4. The van der Waals surface area contributed by atoms with Crippen LogP contribution < -0.4 is 4.74 Å². The molecule has 0 saturated carbocycles. The third kappa shape index (κ3) is 5.42. The minimum Gasteiger partial charge on any atom is -0.491 e. The molecule has 1 aromatic carbocycles. The van der Waals surface area contributed by atoms with E-state index in [4.69, 9.17) is 16.3 Å². The maximum Gasteiger partial charge on any atom is 0.242 e. The summed E-state index contributed by atoms with van der Waals surface area (Å²) in [5, 5.41) is 2.77. The van der Waals surface area contributed by atoms with Crippen molar-refractivity contribution in [3.05, 3.63) is 50.7 Å². The molecule has 168 valence electrons. The number of rotatable bonds is 6. The summed E-state index contributed by atoms with van der Waals surface area (Å²) in [6.45, 7) is 10.7. The van der Waals surface area contributed by atoms with Gasteiger partial charge in [-0.25, -0.2) is 0 Å². The third-order valence-corrected chi connectivity index (χ3v) is 7.08. The fourth-order valence-corrected chi connectivity index (χ4v) is 4.92. The van der Waals surface area contributed by atoms with E-state index in [1.807, 2.05) is 57.7 Å². The maximum atomic E-state index is 13.4. The number of fused-ring (bicyclic) bond motifs is 1. The lowest BCUT2D eigenvalue weighted by atomic mass is 9.99. The van der Waals surface area contributed by atoms with Crippen LogP contribution in [0.25, 0.3) is 0 Å². The zero-order valence-corrected chi connectivity index (χ0v) is 20.5. The van der Waals surface area contributed by atoms with Crippen LogP contribution in [0.1, 0.15) is 56.2 Å². The summed E-state index contributed by atoms with van der Waals surface area (Å²) in [5.74, 6) is 0.669. The van der Waals surface area contributed by atoms with Crippen LogP contribution in [0, 0.1) is 6.92 Å². The molecule has 0 N–H and O–H groups in total. The Morgan fingerprint density at radius 1 is 1.29 bits per heavy atom. The van der Waals surface area contributed by atoms with Gasteiger partial charge in [0.1, 0.15) is 18.9 Å². The number of ether oxygens (including phenoxy) is 1. The summed E-state index contributed by atoms with van der Waals surface area (Å²) >= 11 is 7.85. The summed E-state index contributed by atoms with van der Waals surface area (Å²) in [5.41, 5.74) is 1.67. The Labute approximate surface area is 193 Å². The van der Waals surface area contributed by atoms with Crippen molar-refractivity contribution in [2.24, 2.45) is 0 Å². The normalized spacial score (nSPS) is 16.1. The highest BCUT2D eigenvalue weighted by molar-refractivity contribution is 7.10. The molecular formula is C24H31ClN2O3S. The topological polar surface area (TPSA) is 49.9 Å². The number of amides is 2. The van der Waals surface area contributed by atoms with E-state index < -0.39 is 5.54 Å². The van der Waals surface area contributed by atoms with Crippen LogP contribution in [0.4, 0.5) is 0 Å². The second-order valence-electron chi connectivity index (χ2n) is 8.88.